The minimum absolute atomic E-state index is 0. The molecular weight excluding hydrogens is 384 g/mol. The molecule has 0 aromatic heterocycles. The highest BCUT2D eigenvalue weighted by Gasteiger charge is 2.36. The fourth-order valence-electron chi connectivity index (χ4n) is 3.89. The molecule has 25 heavy (non-hydrogen) atoms. The first kappa shape index (κ1) is 20.6. The van der Waals surface area contributed by atoms with E-state index in [0.717, 1.165) is 31.9 Å². The van der Waals surface area contributed by atoms with Gasteiger partial charge in [-0.15, -0.1) is 12.4 Å². The molecule has 1 aromatic rings. The van der Waals surface area contributed by atoms with E-state index in [-0.39, 0.29) is 33.8 Å². The Bertz CT molecular complexity index is 856. The Labute approximate surface area is 156 Å². The first-order valence-corrected chi connectivity index (χ1v) is 11.5. The summed E-state index contributed by atoms with van der Waals surface area (Å²) in [6.07, 6.45) is 4.83. The van der Waals surface area contributed by atoms with Gasteiger partial charge in [0.05, 0.1) is 9.79 Å². The Kier molecular flexibility index (Phi) is 5.90. The monoisotopic (exact) mass is 408 g/mol. The predicted octanol–water partition coefficient (Wildman–Crippen LogP) is 1.69. The first-order chi connectivity index (χ1) is 11.1. The van der Waals surface area contributed by atoms with Crippen LogP contribution in [0.1, 0.15) is 36.8 Å². The smallest absolute Gasteiger partial charge is 0.241 e. The maximum atomic E-state index is 12.9. The van der Waals surface area contributed by atoms with Crippen molar-refractivity contribution in [2.45, 2.75) is 67.4 Å². The van der Waals surface area contributed by atoms with Gasteiger partial charge in [0.2, 0.25) is 10.0 Å². The highest BCUT2D eigenvalue weighted by molar-refractivity contribution is 7.91. The Morgan fingerprint density at radius 3 is 2.04 bits per heavy atom. The van der Waals surface area contributed by atoms with E-state index < -0.39 is 19.9 Å². The van der Waals surface area contributed by atoms with Crippen LogP contribution < -0.4 is 10.0 Å². The molecule has 2 saturated heterocycles. The molecule has 2 bridgehead atoms. The van der Waals surface area contributed by atoms with Crippen molar-refractivity contribution in [2.75, 3.05) is 6.26 Å². The van der Waals surface area contributed by atoms with E-state index in [9.17, 15) is 16.8 Å². The quantitative estimate of drug-likeness (QED) is 0.790. The summed E-state index contributed by atoms with van der Waals surface area (Å²) >= 11 is 0. The molecule has 2 aliphatic rings. The summed E-state index contributed by atoms with van der Waals surface area (Å²) in [4.78, 5) is 0.141. The molecule has 0 saturated carbocycles. The third kappa shape index (κ3) is 4.36. The Hall–Kier alpha value is -0.670. The average Bonchev–Trinajstić information content (AvgIpc) is 2.78. The summed E-state index contributed by atoms with van der Waals surface area (Å²) in [5, 5.41) is 3.48. The van der Waals surface area contributed by atoms with Gasteiger partial charge in [-0.2, -0.15) is 0 Å². The van der Waals surface area contributed by atoms with Gasteiger partial charge in [-0.1, -0.05) is 0 Å². The van der Waals surface area contributed by atoms with E-state index in [4.69, 9.17) is 0 Å². The van der Waals surface area contributed by atoms with E-state index in [1.165, 1.54) is 6.07 Å². The van der Waals surface area contributed by atoms with Crippen LogP contribution in [0.25, 0.3) is 0 Å². The van der Waals surface area contributed by atoms with Crippen molar-refractivity contribution in [1.82, 2.24) is 10.0 Å². The number of sulfonamides is 1. The van der Waals surface area contributed by atoms with Crippen LogP contribution in [0.4, 0.5) is 0 Å². The van der Waals surface area contributed by atoms with Crippen molar-refractivity contribution < 1.29 is 16.8 Å². The molecule has 2 unspecified atom stereocenters. The molecule has 0 amide bonds. The third-order valence-electron chi connectivity index (χ3n) is 4.94. The molecule has 0 radical (unpaired) electrons. The topological polar surface area (TPSA) is 92.3 Å². The number of fused-ring (bicyclic) bond motifs is 2. The van der Waals surface area contributed by atoms with Gasteiger partial charge in [0, 0.05) is 24.4 Å². The highest BCUT2D eigenvalue weighted by atomic mass is 35.5. The minimum atomic E-state index is -3.76. The van der Waals surface area contributed by atoms with Crippen LogP contribution in [0.15, 0.2) is 21.9 Å². The lowest BCUT2D eigenvalue weighted by Gasteiger charge is -2.29. The number of sulfone groups is 1. The molecule has 2 fully saturated rings. The maximum Gasteiger partial charge on any atom is 0.241 e. The van der Waals surface area contributed by atoms with Gasteiger partial charge >= 0.3 is 0 Å². The van der Waals surface area contributed by atoms with E-state index in [1.807, 2.05) is 0 Å². The lowest BCUT2D eigenvalue weighted by Crippen LogP contribution is -2.48. The van der Waals surface area contributed by atoms with Crippen LogP contribution in [0.5, 0.6) is 0 Å². The zero-order valence-electron chi connectivity index (χ0n) is 14.6. The molecule has 2 heterocycles. The molecule has 2 N–H and O–H groups in total. The highest BCUT2D eigenvalue weighted by Crippen LogP contribution is 2.29. The first-order valence-electron chi connectivity index (χ1n) is 8.16. The van der Waals surface area contributed by atoms with E-state index in [0.29, 0.717) is 17.6 Å². The van der Waals surface area contributed by atoms with Crippen LogP contribution in [-0.4, -0.2) is 41.2 Å². The van der Waals surface area contributed by atoms with Crippen molar-refractivity contribution in [2.24, 2.45) is 0 Å². The molecule has 2 atom stereocenters. The summed E-state index contributed by atoms with van der Waals surface area (Å²) in [6.45, 7) is 3.26. The van der Waals surface area contributed by atoms with Gasteiger partial charge in [-0.25, -0.2) is 21.6 Å². The second kappa shape index (κ2) is 7.15. The molecule has 9 heteroatoms. The Morgan fingerprint density at radius 1 is 1.00 bits per heavy atom. The van der Waals surface area contributed by atoms with Crippen LogP contribution in [0, 0.1) is 13.8 Å². The summed E-state index contributed by atoms with van der Waals surface area (Å²) < 4.78 is 52.4. The Morgan fingerprint density at radius 2 is 1.52 bits per heavy atom. The van der Waals surface area contributed by atoms with E-state index in [2.05, 4.69) is 10.0 Å². The van der Waals surface area contributed by atoms with Crippen molar-refractivity contribution in [3.63, 3.8) is 0 Å². The number of hydrogen-bond acceptors (Lipinski definition) is 5. The van der Waals surface area contributed by atoms with E-state index in [1.54, 1.807) is 19.9 Å². The van der Waals surface area contributed by atoms with Crippen LogP contribution in [0.2, 0.25) is 0 Å². The van der Waals surface area contributed by atoms with Gasteiger partial charge in [0.1, 0.15) is 0 Å². The average molecular weight is 409 g/mol. The minimum Gasteiger partial charge on any atom is -0.311 e. The van der Waals surface area contributed by atoms with E-state index >= 15 is 0 Å². The summed E-state index contributed by atoms with van der Waals surface area (Å²) in [5.74, 6) is 0. The lowest BCUT2D eigenvalue weighted by molar-refractivity contribution is 0.345. The Balaban J connectivity index is 0.00000225. The molecule has 0 aliphatic carbocycles. The number of benzene rings is 1. The number of rotatable bonds is 4. The maximum absolute atomic E-state index is 12.9. The number of aryl methyl sites for hydroxylation is 1. The number of hydrogen-bond donors (Lipinski definition) is 2. The van der Waals surface area contributed by atoms with Gasteiger partial charge in [0.25, 0.3) is 0 Å². The second-order valence-corrected chi connectivity index (χ2v) is 10.8. The molecule has 6 nitrogen and oxygen atoms in total. The second-order valence-electron chi connectivity index (χ2n) is 7.09. The zero-order valence-corrected chi connectivity index (χ0v) is 17.0. The van der Waals surface area contributed by atoms with Crippen LogP contribution in [0.3, 0.4) is 0 Å². The molecule has 1 aromatic carbocycles. The van der Waals surface area contributed by atoms with Crippen molar-refractivity contribution in [1.29, 1.82) is 0 Å². The number of nitrogens with one attached hydrogen (secondary N) is 2. The van der Waals surface area contributed by atoms with Gasteiger partial charge in [0.15, 0.2) is 9.84 Å². The standard InChI is InChI=1S/C16H24N2O4S2.ClH/c1-10-6-15(23(3,19)20)11(2)16(7-10)24(21,22)18-14-8-12-4-5-13(9-14)17-12;/h6-7,12-14,17-18H,4-5,8-9H2,1-3H3;1H. The molecular formula is C16H25ClN2O4S2. The normalized spacial score (nSPS) is 26.3. The predicted molar refractivity (Wildman–Crippen MR) is 99.6 cm³/mol. The molecule has 2 aliphatic heterocycles. The number of piperidine rings is 1. The van der Waals surface area contributed by atoms with Crippen LogP contribution in [-0.2, 0) is 19.9 Å². The van der Waals surface area contributed by atoms with Crippen LogP contribution >= 0.6 is 12.4 Å². The molecule has 142 valence electrons. The zero-order chi connectivity index (χ0) is 17.7. The molecule has 0 spiro atoms. The fourth-order valence-corrected chi connectivity index (χ4v) is 6.64. The van der Waals surface area contributed by atoms with Crippen molar-refractivity contribution >= 4 is 32.3 Å². The SMILES string of the molecule is Cc1cc(S(C)(=O)=O)c(C)c(S(=O)(=O)NC2CC3CCC(C2)N3)c1.Cl. The fraction of sp³-hybridized carbons (Fsp3) is 0.625. The summed E-state index contributed by atoms with van der Waals surface area (Å²) in [5.41, 5.74) is 0.902. The van der Waals surface area contributed by atoms with Crippen molar-refractivity contribution in [3.8, 4) is 0 Å². The van der Waals surface area contributed by atoms with Gasteiger partial charge in [-0.05, 0) is 62.8 Å². The largest absolute Gasteiger partial charge is 0.311 e. The summed E-state index contributed by atoms with van der Waals surface area (Å²) in [6, 6.07) is 3.72. The lowest BCUT2D eigenvalue weighted by atomic mass is 10.0. The third-order valence-corrected chi connectivity index (χ3v) is 7.81. The van der Waals surface area contributed by atoms with Crippen molar-refractivity contribution in [3.05, 3.63) is 23.3 Å². The summed E-state index contributed by atoms with van der Waals surface area (Å²) in [7, 11) is -7.24. The number of halogens is 1. The molecule has 3 rings (SSSR count). The van der Waals surface area contributed by atoms with Gasteiger partial charge in [-0.3, -0.25) is 0 Å². The van der Waals surface area contributed by atoms with Gasteiger partial charge < -0.3 is 5.32 Å².